The predicted molar refractivity (Wildman–Crippen MR) is 68.6 cm³/mol. The number of urea groups is 1. The summed E-state index contributed by atoms with van der Waals surface area (Å²) in [6.45, 7) is 0.381. The number of carbonyl (C=O) groups excluding carboxylic acids is 2. The number of aryl methyl sites for hydroxylation is 1. The Labute approximate surface area is 114 Å². The topological polar surface area (TPSA) is 113 Å². The summed E-state index contributed by atoms with van der Waals surface area (Å²) in [6, 6.07) is 3.21. The van der Waals surface area contributed by atoms with E-state index in [2.05, 4.69) is 5.32 Å². The Morgan fingerprint density at radius 3 is 2.50 bits per heavy atom. The van der Waals surface area contributed by atoms with Crippen molar-refractivity contribution in [1.82, 2.24) is 4.90 Å². The molecule has 0 aliphatic heterocycles. The molecular weight excluding hydrogens is 269 g/mol. The minimum atomic E-state index is -1.31. The van der Waals surface area contributed by atoms with Gasteiger partial charge in [-0.2, -0.15) is 0 Å². The number of nitrogens with two attached hydrogens (primary N) is 1. The van der Waals surface area contributed by atoms with Crippen LogP contribution in [0.15, 0.2) is 18.2 Å². The van der Waals surface area contributed by atoms with Gasteiger partial charge in [0.15, 0.2) is 0 Å². The van der Waals surface area contributed by atoms with E-state index in [0.29, 0.717) is 10.5 Å². The maximum absolute atomic E-state index is 13.6. The summed E-state index contributed by atoms with van der Waals surface area (Å²) >= 11 is 0. The summed E-state index contributed by atoms with van der Waals surface area (Å²) in [6.07, 6.45) is 0. The van der Waals surface area contributed by atoms with Crippen LogP contribution in [-0.2, 0) is 9.59 Å². The molecule has 0 saturated carbocycles. The van der Waals surface area contributed by atoms with Crippen molar-refractivity contribution < 1.29 is 23.9 Å². The molecule has 0 atom stereocenters. The molecule has 4 N–H and O–H groups in total. The average Bonchev–Trinajstić information content (AvgIpc) is 2.30. The zero-order chi connectivity index (χ0) is 15.3. The normalized spacial score (nSPS) is 9.90. The van der Waals surface area contributed by atoms with Crippen molar-refractivity contribution in [2.75, 3.05) is 18.4 Å². The van der Waals surface area contributed by atoms with E-state index in [-0.39, 0.29) is 5.69 Å². The van der Waals surface area contributed by atoms with Crippen molar-refractivity contribution in [3.63, 3.8) is 0 Å². The first kappa shape index (κ1) is 15.4. The van der Waals surface area contributed by atoms with Gasteiger partial charge in [0, 0.05) is 0 Å². The smallest absolute Gasteiger partial charge is 0.323 e. The Bertz CT molecular complexity index is 532. The van der Waals surface area contributed by atoms with Gasteiger partial charge >= 0.3 is 12.0 Å². The van der Waals surface area contributed by atoms with E-state index in [4.69, 9.17) is 10.8 Å². The molecule has 0 aromatic heterocycles. The highest BCUT2D eigenvalue weighted by Gasteiger charge is 2.19. The number of benzene rings is 1. The summed E-state index contributed by atoms with van der Waals surface area (Å²) in [5, 5.41) is 10.8. The lowest BCUT2D eigenvalue weighted by atomic mass is 10.2. The molecule has 1 aromatic carbocycles. The fourth-order valence-corrected chi connectivity index (χ4v) is 1.47. The molecule has 7 nitrogen and oxygen atoms in total. The van der Waals surface area contributed by atoms with Crippen molar-refractivity contribution in [3.8, 4) is 0 Å². The van der Waals surface area contributed by atoms with Gasteiger partial charge in [0.25, 0.3) is 0 Å². The standard InChI is InChI=1S/C12H14FN3O4/c1-7-2-3-9(8(13)4-7)15-12(20)16(5-10(14)17)6-11(18)19/h2-4H,5-6H2,1H3,(H2,14,17)(H,15,20)(H,18,19). The van der Waals surface area contributed by atoms with Crippen LogP contribution in [0.2, 0.25) is 0 Å². The number of hydrogen-bond acceptors (Lipinski definition) is 3. The Morgan fingerprint density at radius 2 is 2.00 bits per heavy atom. The molecule has 0 heterocycles. The van der Waals surface area contributed by atoms with Crippen LogP contribution in [-0.4, -0.2) is 41.0 Å². The van der Waals surface area contributed by atoms with Gasteiger partial charge in [-0.25, -0.2) is 9.18 Å². The van der Waals surface area contributed by atoms with Crippen LogP contribution < -0.4 is 11.1 Å². The summed E-state index contributed by atoms with van der Waals surface area (Å²) in [7, 11) is 0. The summed E-state index contributed by atoms with van der Waals surface area (Å²) < 4.78 is 13.6. The molecular formula is C12H14FN3O4. The Balaban J connectivity index is 2.84. The second-order valence-corrected chi connectivity index (χ2v) is 4.13. The molecule has 0 spiro atoms. The predicted octanol–water partition coefficient (Wildman–Crippen LogP) is 0.538. The van der Waals surface area contributed by atoms with Gasteiger partial charge in [-0.3, -0.25) is 9.59 Å². The molecule has 1 aromatic rings. The Hall–Kier alpha value is -2.64. The van der Waals surface area contributed by atoms with E-state index >= 15 is 0 Å². The number of amides is 3. The van der Waals surface area contributed by atoms with Crippen LogP contribution in [0.1, 0.15) is 5.56 Å². The second kappa shape index (κ2) is 6.50. The first-order valence-electron chi connectivity index (χ1n) is 5.61. The molecule has 0 aliphatic carbocycles. The molecule has 108 valence electrons. The molecule has 0 saturated heterocycles. The molecule has 20 heavy (non-hydrogen) atoms. The van der Waals surface area contributed by atoms with E-state index < -0.39 is 36.8 Å². The largest absolute Gasteiger partial charge is 0.480 e. The average molecular weight is 283 g/mol. The highest BCUT2D eigenvalue weighted by atomic mass is 19.1. The zero-order valence-corrected chi connectivity index (χ0v) is 10.7. The minimum absolute atomic E-state index is 0.111. The molecule has 0 radical (unpaired) electrons. The van der Waals surface area contributed by atoms with Gasteiger partial charge in [0.05, 0.1) is 5.69 Å². The quantitative estimate of drug-likeness (QED) is 0.731. The van der Waals surface area contributed by atoms with Crippen LogP contribution in [0.5, 0.6) is 0 Å². The number of primary amides is 1. The highest BCUT2D eigenvalue weighted by Crippen LogP contribution is 2.15. The molecule has 0 fully saturated rings. The third-order valence-electron chi connectivity index (χ3n) is 2.33. The fourth-order valence-electron chi connectivity index (χ4n) is 1.47. The second-order valence-electron chi connectivity index (χ2n) is 4.13. The molecule has 3 amide bonds. The van der Waals surface area contributed by atoms with Gasteiger partial charge < -0.3 is 21.1 Å². The number of rotatable bonds is 5. The van der Waals surface area contributed by atoms with E-state index in [1.165, 1.54) is 12.1 Å². The zero-order valence-electron chi connectivity index (χ0n) is 10.7. The van der Waals surface area contributed by atoms with Crippen molar-refractivity contribution in [2.24, 2.45) is 5.73 Å². The first-order valence-corrected chi connectivity index (χ1v) is 5.61. The Kier molecular flexibility index (Phi) is 5.01. The number of carbonyl (C=O) groups is 3. The van der Waals surface area contributed by atoms with Crippen molar-refractivity contribution in [1.29, 1.82) is 0 Å². The van der Waals surface area contributed by atoms with Crippen molar-refractivity contribution >= 4 is 23.6 Å². The van der Waals surface area contributed by atoms with Gasteiger partial charge in [-0.1, -0.05) is 6.07 Å². The van der Waals surface area contributed by atoms with Gasteiger partial charge in [-0.15, -0.1) is 0 Å². The minimum Gasteiger partial charge on any atom is -0.480 e. The Morgan fingerprint density at radius 1 is 1.35 bits per heavy atom. The first-order chi connectivity index (χ1) is 9.29. The lowest BCUT2D eigenvalue weighted by Crippen LogP contribution is -2.43. The van der Waals surface area contributed by atoms with Crippen molar-refractivity contribution in [2.45, 2.75) is 6.92 Å². The summed E-state index contributed by atoms with van der Waals surface area (Å²) in [5.74, 6) is -2.84. The lowest BCUT2D eigenvalue weighted by Gasteiger charge is -2.19. The fraction of sp³-hybridized carbons (Fsp3) is 0.250. The number of nitrogens with zero attached hydrogens (tertiary/aromatic N) is 1. The van der Waals surface area contributed by atoms with Crippen LogP contribution in [0.3, 0.4) is 0 Å². The molecule has 8 heteroatoms. The highest BCUT2D eigenvalue weighted by molar-refractivity contribution is 5.94. The monoisotopic (exact) mass is 283 g/mol. The third-order valence-corrected chi connectivity index (χ3v) is 2.33. The van der Waals surface area contributed by atoms with Gasteiger partial charge in [-0.05, 0) is 24.6 Å². The van der Waals surface area contributed by atoms with Crippen LogP contribution in [0.4, 0.5) is 14.9 Å². The molecule has 1 rings (SSSR count). The van der Waals surface area contributed by atoms with E-state index in [1.54, 1.807) is 13.0 Å². The number of halogens is 1. The summed E-state index contributed by atoms with van der Waals surface area (Å²) in [4.78, 5) is 33.9. The van der Waals surface area contributed by atoms with Crippen molar-refractivity contribution in [3.05, 3.63) is 29.6 Å². The van der Waals surface area contributed by atoms with Gasteiger partial charge in [0.2, 0.25) is 5.91 Å². The SMILES string of the molecule is Cc1ccc(NC(=O)N(CC(N)=O)CC(=O)O)c(F)c1. The number of anilines is 1. The van der Waals surface area contributed by atoms with E-state index in [1.807, 2.05) is 0 Å². The van der Waals surface area contributed by atoms with E-state index in [0.717, 1.165) is 0 Å². The number of carboxylic acid groups (broad SMARTS) is 1. The summed E-state index contributed by atoms with van der Waals surface area (Å²) in [5.41, 5.74) is 5.48. The molecule has 0 unspecified atom stereocenters. The molecule has 0 aliphatic rings. The van der Waals surface area contributed by atoms with E-state index in [9.17, 15) is 18.8 Å². The number of hydrogen-bond donors (Lipinski definition) is 3. The third kappa shape index (κ3) is 4.56. The van der Waals surface area contributed by atoms with Gasteiger partial charge in [0.1, 0.15) is 18.9 Å². The van der Waals surface area contributed by atoms with Crippen LogP contribution in [0.25, 0.3) is 0 Å². The number of carboxylic acids is 1. The lowest BCUT2D eigenvalue weighted by molar-refractivity contribution is -0.137. The van der Waals surface area contributed by atoms with Crippen LogP contribution >= 0.6 is 0 Å². The van der Waals surface area contributed by atoms with Crippen LogP contribution in [0, 0.1) is 12.7 Å². The maximum atomic E-state index is 13.6. The maximum Gasteiger partial charge on any atom is 0.323 e. The number of aliphatic carboxylic acids is 1. The number of nitrogens with one attached hydrogen (secondary N) is 1. The molecule has 0 bridgehead atoms.